The molecule has 0 aromatic rings. The van der Waals surface area contributed by atoms with E-state index in [-0.39, 0.29) is 6.10 Å². The van der Waals surface area contributed by atoms with Crippen molar-refractivity contribution in [3.63, 3.8) is 0 Å². The van der Waals surface area contributed by atoms with E-state index in [9.17, 15) is 10.2 Å². The Hall–Kier alpha value is 0.320. The lowest BCUT2D eigenvalue weighted by Crippen LogP contribution is -2.33. The molecule has 0 aromatic carbocycles. The molecule has 1 aliphatic heterocycles. The number of aliphatic hydroxyl groups is 2. The molecule has 4 nitrogen and oxygen atoms in total. The highest BCUT2D eigenvalue weighted by atomic mass is 79.9. The molecule has 1 heterocycles. The summed E-state index contributed by atoms with van der Waals surface area (Å²) >= 11 is 3.15. The van der Waals surface area contributed by atoms with Crippen LogP contribution in [-0.2, 0) is 9.47 Å². The molecular formula is C6H11BrO4. The van der Waals surface area contributed by atoms with Crippen LogP contribution >= 0.6 is 15.9 Å². The van der Waals surface area contributed by atoms with Gasteiger partial charge in [0.25, 0.3) is 0 Å². The SMILES string of the molecule is COC1OC(CBr)[C@@H](O)[C@H]1O. The standard InChI is InChI=1S/C6H11BrO4/c1-10-6-5(9)4(8)3(2-7)11-6/h3-6,8-9H,2H2,1H3/t3?,4-,5-,6?/m1/s1. The third-order valence-corrected chi connectivity index (χ3v) is 2.34. The van der Waals surface area contributed by atoms with Gasteiger partial charge in [0.2, 0.25) is 0 Å². The van der Waals surface area contributed by atoms with Crippen molar-refractivity contribution >= 4 is 15.9 Å². The highest BCUT2D eigenvalue weighted by Gasteiger charge is 2.42. The van der Waals surface area contributed by atoms with E-state index in [0.29, 0.717) is 5.33 Å². The van der Waals surface area contributed by atoms with E-state index in [1.54, 1.807) is 0 Å². The maximum atomic E-state index is 9.27. The lowest BCUT2D eigenvalue weighted by atomic mass is 10.2. The summed E-state index contributed by atoms with van der Waals surface area (Å²) in [6, 6.07) is 0. The van der Waals surface area contributed by atoms with Crippen LogP contribution < -0.4 is 0 Å². The molecule has 0 bridgehead atoms. The van der Waals surface area contributed by atoms with Crippen molar-refractivity contribution in [2.45, 2.75) is 24.6 Å². The lowest BCUT2D eigenvalue weighted by molar-refractivity contribution is -0.145. The second kappa shape index (κ2) is 3.82. The van der Waals surface area contributed by atoms with Gasteiger partial charge in [-0.3, -0.25) is 0 Å². The number of halogens is 1. The van der Waals surface area contributed by atoms with E-state index < -0.39 is 18.5 Å². The van der Waals surface area contributed by atoms with Crippen molar-refractivity contribution in [3.05, 3.63) is 0 Å². The van der Waals surface area contributed by atoms with Crippen molar-refractivity contribution in [3.8, 4) is 0 Å². The van der Waals surface area contributed by atoms with E-state index in [1.807, 2.05) is 0 Å². The van der Waals surface area contributed by atoms with Crippen molar-refractivity contribution in [1.82, 2.24) is 0 Å². The molecule has 11 heavy (non-hydrogen) atoms. The van der Waals surface area contributed by atoms with Gasteiger partial charge in [0.05, 0.1) is 6.10 Å². The third-order valence-electron chi connectivity index (χ3n) is 1.70. The smallest absolute Gasteiger partial charge is 0.186 e. The van der Waals surface area contributed by atoms with Gasteiger partial charge >= 0.3 is 0 Å². The predicted octanol–water partition coefficient (Wildman–Crippen LogP) is -0.526. The van der Waals surface area contributed by atoms with E-state index >= 15 is 0 Å². The predicted molar refractivity (Wildman–Crippen MR) is 41.5 cm³/mol. The Balaban J connectivity index is 2.53. The molecular weight excluding hydrogens is 216 g/mol. The number of rotatable bonds is 2. The van der Waals surface area contributed by atoms with Gasteiger partial charge in [-0.2, -0.15) is 0 Å². The molecule has 66 valence electrons. The maximum absolute atomic E-state index is 9.27. The molecule has 2 N–H and O–H groups in total. The van der Waals surface area contributed by atoms with Gasteiger partial charge in [0.15, 0.2) is 6.29 Å². The highest BCUT2D eigenvalue weighted by molar-refractivity contribution is 9.09. The first-order valence-corrected chi connectivity index (χ1v) is 4.43. The maximum Gasteiger partial charge on any atom is 0.186 e. The second-order valence-corrected chi connectivity index (χ2v) is 3.06. The summed E-state index contributed by atoms with van der Waals surface area (Å²) in [6.45, 7) is 0. The zero-order valence-corrected chi connectivity index (χ0v) is 7.69. The molecule has 0 spiro atoms. The monoisotopic (exact) mass is 226 g/mol. The van der Waals surface area contributed by atoms with Crippen LogP contribution in [0, 0.1) is 0 Å². The molecule has 0 aliphatic carbocycles. The van der Waals surface area contributed by atoms with Gasteiger partial charge in [-0.1, -0.05) is 15.9 Å². The summed E-state index contributed by atoms with van der Waals surface area (Å²) in [7, 11) is 1.43. The van der Waals surface area contributed by atoms with Crippen molar-refractivity contribution in [2.75, 3.05) is 12.4 Å². The summed E-state index contributed by atoms with van der Waals surface area (Å²) in [5.41, 5.74) is 0. The van der Waals surface area contributed by atoms with Crippen LogP contribution in [0.2, 0.25) is 0 Å². The Morgan fingerprint density at radius 3 is 2.36 bits per heavy atom. The first kappa shape index (κ1) is 9.41. The van der Waals surface area contributed by atoms with E-state index in [0.717, 1.165) is 0 Å². The number of methoxy groups -OCH3 is 1. The molecule has 1 aliphatic rings. The van der Waals surface area contributed by atoms with Crippen LogP contribution in [0.4, 0.5) is 0 Å². The first-order chi connectivity index (χ1) is 5.20. The van der Waals surface area contributed by atoms with Crippen molar-refractivity contribution in [2.24, 2.45) is 0 Å². The topological polar surface area (TPSA) is 58.9 Å². The lowest BCUT2D eigenvalue weighted by Gasteiger charge is -2.11. The summed E-state index contributed by atoms with van der Waals surface area (Å²) < 4.78 is 9.89. The van der Waals surface area contributed by atoms with Crippen LogP contribution in [0.5, 0.6) is 0 Å². The van der Waals surface area contributed by atoms with Gasteiger partial charge in [0, 0.05) is 12.4 Å². The fourth-order valence-corrected chi connectivity index (χ4v) is 1.57. The summed E-state index contributed by atoms with van der Waals surface area (Å²) in [6.07, 6.45) is -2.88. The minimum Gasteiger partial charge on any atom is -0.387 e. The van der Waals surface area contributed by atoms with E-state index in [4.69, 9.17) is 9.47 Å². The molecule has 0 saturated carbocycles. The van der Waals surface area contributed by atoms with Crippen LogP contribution in [0.3, 0.4) is 0 Å². The van der Waals surface area contributed by atoms with Gasteiger partial charge < -0.3 is 19.7 Å². The second-order valence-electron chi connectivity index (χ2n) is 2.41. The molecule has 1 fully saturated rings. The number of ether oxygens (including phenoxy) is 2. The molecule has 1 rings (SSSR count). The average Bonchev–Trinajstić information content (AvgIpc) is 2.30. The van der Waals surface area contributed by atoms with E-state index in [1.165, 1.54) is 7.11 Å². The highest BCUT2D eigenvalue weighted by Crippen LogP contribution is 2.22. The largest absolute Gasteiger partial charge is 0.387 e. The van der Waals surface area contributed by atoms with Crippen LogP contribution in [0.1, 0.15) is 0 Å². The van der Waals surface area contributed by atoms with Crippen molar-refractivity contribution < 1.29 is 19.7 Å². The quantitative estimate of drug-likeness (QED) is 0.623. The first-order valence-electron chi connectivity index (χ1n) is 3.31. The summed E-state index contributed by atoms with van der Waals surface area (Å²) in [5.74, 6) is 0. The minimum absolute atomic E-state index is 0.380. The number of alkyl halides is 1. The molecule has 2 unspecified atom stereocenters. The molecule has 1 saturated heterocycles. The zero-order valence-electron chi connectivity index (χ0n) is 6.11. The Morgan fingerprint density at radius 2 is 2.09 bits per heavy atom. The van der Waals surface area contributed by atoms with Gasteiger partial charge in [0.1, 0.15) is 12.2 Å². The Kier molecular flexibility index (Phi) is 3.27. The van der Waals surface area contributed by atoms with Gasteiger partial charge in [-0.25, -0.2) is 0 Å². The van der Waals surface area contributed by atoms with Crippen LogP contribution in [0.15, 0.2) is 0 Å². The summed E-state index contributed by atoms with van der Waals surface area (Å²) in [5, 5.41) is 19.0. The number of hydrogen-bond donors (Lipinski definition) is 2. The molecule has 0 aromatic heterocycles. The Morgan fingerprint density at radius 1 is 1.45 bits per heavy atom. The summed E-state index contributed by atoms with van der Waals surface area (Å²) in [4.78, 5) is 0. The van der Waals surface area contributed by atoms with Gasteiger partial charge in [-0.05, 0) is 0 Å². The Bertz CT molecular complexity index is 114. The minimum atomic E-state index is -0.942. The molecule has 5 heteroatoms. The molecule has 4 atom stereocenters. The average molecular weight is 227 g/mol. The van der Waals surface area contributed by atoms with Crippen LogP contribution in [-0.4, -0.2) is 47.3 Å². The zero-order chi connectivity index (χ0) is 8.43. The fourth-order valence-electron chi connectivity index (χ4n) is 1.04. The fraction of sp³-hybridized carbons (Fsp3) is 1.00. The third kappa shape index (κ3) is 1.73. The molecule has 0 amide bonds. The van der Waals surface area contributed by atoms with Gasteiger partial charge in [-0.15, -0.1) is 0 Å². The molecule has 0 radical (unpaired) electrons. The number of aliphatic hydroxyl groups excluding tert-OH is 2. The van der Waals surface area contributed by atoms with E-state index in [2.05, 4.69) is 15.9 Å². The van der Waals surface area contributed by atoms with Crippen molar-refractivity contribution in [1.29, 1.82) is 0 Å². The number of hydrogen-bond acceptors (Lipinski definition) is 4. The normalized spacial score (nSPS) is 44.7. The van der Waals surface area contributed by atoms with Crippen LogP contribution in [0.25, 0.3) is 0 Å². The Labute approximate surface area is 73.2 Å².